The Hall–Kier alpha value is -2.85. The predicted octanol–water partition coefficient (Wildman–Crippen LogP) is 0.770. The van der Waals surface area contributed by atoms with Crippen LogP contribution in [0.1, 0.15) is 13.3 Å². The van der Waals surface area contributed by atoms with E-state index in [1.807, 2.05) is 4.90 Å². The van der Waals surface area contributed by atoms with Crippen LogP contribution in [-0.2, 0) is 19.1 Å². The van der Waals surface area contributed by atoms with Crippen LogP contribution in [0.4, 0.5) is 10.5 Å². The van der Waals surface area contributed by atoms with Gasteiger partial charge < -0.3 is 25.2 Å². The maximum absolute atomic E-state index is 13.0. The second-order valence-corrected chi connectivity index (χ2v) is 8.06. The number of halogens is 1. The van der Waals surface area contributed by atoms with Crippen molar-refractivity contribution in [2.45, 2.75) is 19.4 Å². The van der Waals surface area contributed by atoms with Crippen LogP contribution in [0.25, 0.3) is 0 Å². The van der Waals surface area contributed by atoms with E-state index in [1.54, 1.807) is 36.1 Å². The van der Waals surface area contributed by atoms with E-state index >= 15 is 0 Å². The highest BCUT2D eigenvalue weighted by Crippen LogP contribution is 2.17. The first-order chi connectivity index (χ1) is 15.4. The number of nitrogens with one attached hydrogen (secondary N) is 2. The molecule has 2 heterocycles. The van der Waals surface area contributed by atoms with Gasteiger partial charge in [-0.2, -0.15) is 0 Å². The van der Waals surface area contributed by atoms with Crippen molar-refractivity contribution in [2.75, 3.05) is 57.7 Å². The highest BCUT2D eigenvalue weighted by Gasteiger charge is 2.35. The predicted molar refractivity (Wildman–Crippen MR) is 118 cm³/mol. The molecule has 1 aromatic carbocycles. The number of benzene rings is 1. The summed E-state index contributed by atoms with van der Waals surface area (Å²) < 4.78 is 5.01. The molecule has 10 nitrogen and oxygen atoms in total. The van der Waals surface area contributed by atoms with Gasteiger partial charge >= 0.3 is 6.09 Å². The van der Waals surface area contributed by atoms with Gasteiger partial charge in [0.05, 0.1) is 19.6 Å². The van der Waals surface area contributed by atoms with Gasteiger partial charge in [0, 0.05) is 50.0 Å². The third-order valence-corrected chi connectivity index (χ3v) is 5.63. The molecule has 3 rings (SSSR count). The molecule has 174 valence electrons. The molecule has 2 fully saturated rings. The van der Waals surface area contributed by atoms with Crippen LogP contribution in [-0.4, -0.2) is 97.0 Å². The Morgan fingerprint density at radius 2 is 1.94 bits per heavy atom. The number of hydrogen-bond donors (Lipinski definition) is 2. The van der Waals surface area contributed by atoms with Crippen LogP contribution < -0.4 is 10.6 Å². The van der Waals surface area contributed by atoms with E-state index in [-0.39, 0.29) is 36.8 Å². The second kappa shape index (κ2) is 11.1. The van der Waals surface area contributed by atoms with E-state index in [4.69, 9.17) is 16.3 Å². The molecule has 11 heteroatoms. The summed E-state index contributed by atoms with van der Waals surface area (Å²) >= 11 is 5.94. The molecular weight excluding hydrogens is 438 g/mol. The van der Waals surface area contributed by atoms with E-state index in [1.165, 1.54) is 4.90 Å². The highest BCUT2D eigenvalue weighted by molar-refractivity contribution is 6.30. The topological polar surface area (TPSA) is 111 Å². The number of hydrogen-bond acceptors (Lipinski definition) is 6. The van der Waals surface area contributed by atoms with Gasteiger partial charge in [0.1, 0.15) is 6.04 Å². The van der Waals surface area contributed by atoms with Gasteiger partial charge in [-0.15, -0.1) is 0 Å². The summed E-state index contributed by atoms with van der Waals surface area (Å²) in [7, 11) is 0. The monoisotopic (exact) mass is 465 g/mol. The number of ether oxygens (including phenoxy) is 1. The fraction of sp³-hybridized carbons (Fsp3) is 0.524. The Labute approximate surface area is 191 Å². The first kappa shape index (κ1) is 23.8. The van der Waals surface area contributed by atoms with Crippen LogP contribution >= 0.6 is 11.6 Å². The molecule has 2 N–H and O–H groups in total. The standard InChI is InChI=1S/C21H28ClN5O5/c1-2-32-21(31)26-10-8-25(9-11-26)14-19(29)27-7-6-23-20(30)17(27)13-18(28)24-16-5-3-4-15(22)12-16/h3-5,12,17H,2,6-11,13-14H2,1H3,(H,23,30)(H,24,28)/t17-/m1/s1. The average Bonchev–Trinajstić information content (AvgIpc) is 2.75. The summed E-state index contributed by atoms with van der Waals surface area (Å²) in [6.07, 6.45) is -0.502. The second-order valence-electron chi connectivity index (χ2n) is 7.62. The lowest BCUT2D eigenvalue weighted by Crippen LogP contribution is -2.60. The van der Waals surface area contributed by atoms with E-state index < -0.39 is 6.04 Å². The first-order valence-corrected chi connectivity index (χ1v) is 11.0. The quantitative estimate of drug-likeness (QED) is 0.642. The third-order valence-electron chi connectivity index (χ3n) is 5.40. The molecule has 2 aliphatic rings. The molecule has 0 radical (unpaired) electrons. The van der Waals surface area contributed by atoms with Gasteiger partial charge in [0.2, 0.25) is 17.7 Å². The molecule has 0 unspecified atom stereocenters. The van der Waals surface area contributed by atoms with Crippen molar-refractivity contribution in [3.63, 3.8) is 0 Å². The summed E-state index contributed by atoms with van der Waals surface area (Å²) in [5, 5.41) is 5.92. The number of piperazine rings is 2. The minimum atomic E-state index is -0.878. The Kier molecular flexibility index (Phi) is 8.29. The van der Waals surface area contributed by atoms with Crippen molar-refractivity contribution in [1.82, 2.24) is 20.0 Å². The summed E-state index contributed by atoms with van der Waals surface area (Å²) in [5.41, 5.74) is 0.524. The molecule has 0 aromatic heterocycles. The third kappa shape index (κ3) is 6.33. The van der Waals surface area contributed by atoms with Crippen molar-refractivity contribution >= 4 is 41.1 Å². The molecule has 0 spiro atoms. The lowest BCUT2D eigenvalue weighted by molar-refractivity contribution is -0.145. The van der Waals surface area contributed by atoms with Gasteiger partial charge in [0.25, 0.3) is 0 Å². The number of rotatable bonds is 6. The van der Waals surface area contributed by atoms with Gasteiger partial charge in [0.15, 0.2) is 0 Å². The van der Waals surface area contributed by atoms with E-state index in [9.17, 15) is 19.2 Å². The van der Waals surface area contributed by atoms with Crippen LogP contribution in [0.5, 0.6) is 0 Å². The largest absolute Gasteiger partial charge is 0.450 e. The fourth-order valence-corrected chi connectivity index (χ4v) is 3.95. The smallest absolute Gasteiger partial charge is 0.409 e. The zero-order chi connectivity index (χ0) is 23.1. The van der Waals surface area contributed by atoms with Crippen LogP contribution in [0, 0.1) is 0 Å². The average molecular weight is 466 g/mol. The number of nitrogens with zero attached hydrogens (tertiary/aromatic N) is 3. The van der Waals surface area contributed by atoms with Gasteiger partial charge in [-0.25, -0.2) is 4.79 Å². The zero-order valence-corrected chi connectivity index (χ0v) is 18.8. The van der Waals surface area contributed by atoms with E-state index in [0.717, 1.165) is 0 Å². The lowest BCUT2D eigenvalue weighted by Gasteiger charge is -2.38. The van der Waals surface area contributed by atoms with Crippen LogP contribution in [0.3, 0.4) is 0 Å². The number of anilines is 1. The Morgan fingerprint density at radius 1 is 1.19 bits per heavy atom. The van der Waals surface area contributed by atoms with Crippen molar-refractivity contribution in [2.24, 2.45) is 0 Å². The maximum Gasteiger partial charge on any atom is 0.409 e. The molecule has 0 aliphatic carbocycles. The van der Waals surface area contributed by atoms with Crippen molar-refractivity contribution < 1.29 is 23.9 Å². The number of carbonyl (C=O) groups excluding carboxylic acids is 4. The molecule has 2 saturated heterocycles. The fourth-order valence-electron chi connectivity index (χ4n) is 3.76. The van der Waals surface area contributed by atoms with Gasteiger partial charge in [-0.1, -0.05) is 17.7 Å². The van der Waals surface area contributed by atoms with Crippen LogP contribution in [0.2, 0.25) is 5.02 Å². The molecule has 2 aliphatic heterocycles. The van der Waals surface area contributed by atoms with Crippen molar-refractivity contribution in [3.8, 4) is 0 Å². The lowest BCUT2D eigenvalue weighted by atomic mass is 10.1. The summed E-state index contributed by atoms with van der Waals surface area (Å²) in [4.78, 5) is 54.8. The molecule has 0 saturated carbocycles. The zero-order valence-electron chi connectivity index (χ0n) is 18.0. The molecule has 0 bridgehead atoms. The maximum atomic E-state index is 13.0. The van der Waals surface area contributed by atoms with Crippen molar-refractivity contribution in [3.05, 3.63) is 29.3 Å². The van der Waals surface area contributed by atoms with Gasteiger partial charge in [-0.3, -0.25) is 19.3 Å². The molecule has 1 atom stereocenters. The minimum Gasteiger partial charge on any atom is -0.450 e. The Balaban J connectivity index is 1.55. The van der Waals surface area contributed by atoms with Gasteiger partial charge in [-0.05, 0) is 25.1 Å². The van der Waals surface area contributed by atoms with E-state index in [0.29, 0.717) is 56.6 Å². The first-order valence-electron chi connectivity index (χ1n) is 10.6. The minimum absolute atomic E-state index is 0.121. The SMILES string of the molecule is CCOC(=O)N1CCN(CC(=O)N2CCNC(=O)[C@H]2CC(=O)Nc2cccc(Cl)c2)CC1. The number of amides is 4. The summed E-state index contributed by atoms with van der Waals surface area (Å²) in [5.74, 6) is -0.946. The Morgan fingerprint density at radius 3 is 2.62 bits per heavy atom. The number of carbonyl (C=O) groups is 4. The Bertz CT molecular complexity index is 859. The molecule has 4 amide bonds. The normalized spacial score (nSPS) is 19.3. The van der Waals surface area contributed by atoms with Crippen molar-refractivity contribution in [1.29, 1.82) is 0 Å². The molecular formula is C21H28ClN5O5. The van der Waals surface area contributed by atoms with Crippen LogP contribution in [0.15, 0.2) is 24.3 Å². The molecule has 32 heavy (non-hydrogen) atoms. The van der Waals surface area contributed by atoms with E-state index in [2.05, 4.69) is 10.6 Å². The summed E-state index contributed by atoms with van der Waals surface area (Å²) in [6.45, 7) is 4.88. The highest BCUT2D eigenvalue weighted by atomic mass is 35.5. The summed E-state index contributed by atoms with van der Waals surface area (Å²) in [6, 6.07) is 5.83. The molecule has 1 aromatic rings.